The average molecular weight is 519 g/mol. The van der Waals surface area contributed by atoms with Gasteiger partial charge in [0.25, 0.3) is 0 Å². The fourth-order valence-electron chi connectivity index (χ4n) is 10.1. The van der Waals surface area contributed by atoms with Gasteiger partial charge in [0.2, 0.25) is 0 Å². The first-order chi connectivity index (χ1) is 17.0. The van der Waals surface area contributed by atoms with Crippen LogP contribution in [0.25, 0.3) is 0 Å². The van der Waals surface area contributed by atoms with Crippen LogP contribution >= 0.6 is 0 Å². The molecule has 208 valence electrons. The number of Topliss-reactive ketones (excluding diaryl/α,β-unsaturated/α-hetero) is 1. The quantitative estimate of drug-likeness (QED) is 0.473. The van der Waals surface area contributed by atoms with Gasteiger partial charge in [0.1, 0.15) is 18.5 Å². The highest BCUT2D eigenvalue weighted by Crippen LogP contribution is 2.74. The molecule has 1 N–H and O–H groups in total. The Bertz CT molecular complexity index is 986. The molecule has 0 saturated heterocycles. The van der Waals surface area contributed by atoms with Gasteiger partial charge in [-0.15, -0.1) is 0 Å². The predicted molar refractivity (Wildman–Crippen MR) is 137 cm³/mol. The number of hydrogen-bond acceptors (Lipinski definition) is 6. The highest BCUT2D eigenvalue weighted by Gasteiger charge is 2.70. The second kappa shape index (κ2) is 9.08. The number of ether oxygens (including phenoxy) is 2. The van der Waals surface area contributed by atoms with Crippen LogP contribution in [0.2, 0.25) is 0 Å². The van der Waals surface area contributed by atoms with Gasteiger partial charge in [0, 0.05) is 25.2 Å². The van der Waals surface area contributed by atoms with Crippen LogP contribution in [-0.4, -0.2) is 41.5 Å². The van der Waals surface area contributed by atoms with Crippen molar-refractivity contribution in [1.29, 1.82) is 0 Å². The number of hydrogen-bond donors (Lipinski definition) is 1. The number of carboxylic acids is 1. The summed E-state index contributed by atoms with van der Waals surface area (Å²) in [5.41, 5.74) is -1.48. The minimum Gasteiger partial charge on any atom is -0.481 e. The molecule has 0 amide bonds. The summed E-state index contributed by atoms with van der Waals surface area (Å²) in [6.07, 6.45) is 6.38. The molecule has 0 aromatic rings. The Kier molecular flexibility index (Phi) is 6.90. The van der Waals surface area contributed by atoms with Crippen molar-refractivity contribution in [3.8, 4) is 0 Å². The minimum absolute atomic E-state index is 0.0178. The molecule has 4 aliphatic rings. The van der Waals surface area contributed by atoms with E-state index in [2.05, 4.69) is 34.6 Å². The molecule has 0 aromatic carbocycles. The van der Waals surface area contributed by atoms with E-state index in [-0.39, 0.29) is 58.5 Å². The first kappa shape index (κ1) is 28.1. The second-order valence-electron chi connectivity index (χ2n) is 14.1. The molecule has 0 bridgehead atoms. The van der Waals surface area contributed by atoms with Gasteiger partial charge in [0.05, 0.1) is 11.8 Å². The molecule has 0 heterocycles. The molecule has 0 radical (unpaired) electrons. The van der Waals surface area contributed by atoms with Crippen molar-refractivity contribution in [2.75, 3.05) is 6.61 Å². The van der Waals surface area contributed by atoms with E-state index in [9.17, 15) is 24.3 Å². The summed E-state index contributed by atoms with van der Waals surface area (Å²) in [5, 5.41) is 9.68. The van der Waals surface area contributed by atoms with Crippen molar-refractivity contribution in [3.63, 3.8) is 0 Å². The van der Waals surface area contributed by atoms with Crippen LogP contribution in [0, 0.1) is 44.8 Å². The third-order valence-electron chi connectivity index (χ3n) is 12.1. The summed E-state index contributed by atoms with van der Waals surface area (Å²) in [7, 11) is 0. The predicted octanol–water partition coefficient (Wildman–Crippen LogP) is 5.58. The highest BCUT2D eigenvalue weighted by molar-refractivity contribution is 5.92. The maximum absolute atomic E-state index is 14.2. The molecule has 4 aliphatic carbocycles. The molecule has 0 aromatic heterocycles. The van der Waals surface area contributed by atoms with Crippen LogP contribution < -0.4 is 0 Å². The monoisotopic (exact) mass is 518 g/mol. The summed E-state index contributed by atoms with van der Waals surface area (Å²) >= 11 is 0. The van der Waals surface area contributed by atoms with E-state index < -0.39 is 17.4 Å². The van der Waals surface area contributed by atoms with Crippen molar-refractivity contribution in [3.05, 3.63) is 0 Å². The van der Waals surface area contributed by atoms with Gasteiger partial charge in [0.15, 0.2) is 0 Å². The average Bonchev–Trinajstić information content (AvgIpc) is 2.77. The number of ketones is 1. The van der Waals surface area contributed by atoms with Gasteiger partial charge in [-0.05, 0) is 79.4 Å². The molecule has 8 atom stereocenters. The molecule has 7 heteroatoms. The van der Waals surface area contributed by atoms with Gasteiger partial charge in [-0.25, -0.2) is 0 Å². The van der Waals surface area contributed by atoms with Gasteiger partial charge < -0.3 is 14.6 Å². The summed E-state index contributed by atoms with van der Waals surface area (Å²) in [6, 6.07) is 0. The van der Waals surface area contributed by atoms with Crippen molar-refractivity contribution in [2.24, 2.45) is 44.8 Å². The second-order valence-corrected chi connectivity index (χ2v) is 14.1. The number of fused-ring (bicyclic) bond motifs is 5. The smallest absolute Gasteiger partial charge is 0.304 e. The normalized spacial score (nSPS) is 44.6. The van der Waals surface area contributed by atoms with E-state index >= 15 is 0 Å². The van der Waals surface area contributed by atoms with Gasteiger partial charge in [-0.1, -0.05) is 34.6 Å². The third kappa shape index (κ3) is 4.14. The van der Waals surface area contributed by atoms with E-state index in [1.54, 1.807) is 0 Å². The van der Waals surface area contributed by atoms with Crippen molar-refractivity contribution in [1.82, 2.24) is 0 Å². The fraction of sp³-hybridized carbons (Fsp3) is 0.867. The third-order valence-corrected chi connectivity index (χ3v) is 12.1. The molecule has 7 nitrogen and oxygen atoms in total. The molecule has 0 aliphatic heterocycles. The SMILES string of the molecule is CC(=O)OC[C@@]1(CC(=O)O)CC[C@]2(C)[C@H](CC[C@@H]3[C@@]4(C)CC[C@H](OC(C)=O)C(C)(C)[C@@H]4CC[C@]32C)C1=O. The number of rotatable bonds is 5. The zero-order valence-corrected chi connectivity index (χ0v) is 23.8. The lowest BCUT2D eigenvalue weighted by Crippen LogP contribution is -2.67. The lowest BCUT2D eigenvalue weighted by molar-refractivity contribution is -0.237. The molecule has 4 saturated carbocycles. The molecule has 37 heavy (non-hydrogen) atoms. The van der Waals surface area contributed by atoms with E-state index in [1.807, 2.05) is 0 Å². The van der Waals surface area contributed by atoms with Crippen LogP contribution in [0.4, 0.5) is 0 Å². The molecule has 4 rings (SSSR count). The first-order valence-electron chi connectivity index (χ1n) is 14.1. The van der Waals surface area contributed by atoms with Gasteiger partial charge >= 0.3 is 17.9 Å². The Morgan fingerprint density at radius 3 is 2.11 bits per heavy atom. The summed E-state index contributed by atoms with van der Waals surface area (Å²) < 4.78 is 11.1. The standard InChI is InChI=1S/C30H46O7/c1-18(31)36-17-30(16-24(33)34)15-14-28(6)20(25(30)35)8-9-22-27(5)12-11-23(37-19(2)32)26(3,4)21(27)10-13-29(22,28)7/h20-23H,8-17H2,1-7H3,(H,33,34)/t20-,21+,22-,23+,27+,28-,29-,30+/m1/s1. The fourth-order valence-corrected chi connectivity index (χ4v) is 10.1. The molecule has 0 unspecified atom stereocenters. The zero-order chi connectivity index (χ0) is 27.6. The van der Waals surface area contributed by atoms with Gasteiger partial charge in [-0.3, -0.25) is 19.2 Å². The Balaban J connectivity index is 1.66. The number of carbonyl (C=O) groups excluding carboxylic acids is 3. The molecular weight excluding hydrogens is 472 g/mol. The Morgan fingerprint density at radius 2 is 1.51 bits per heavy atom. The maximum Gasteiger partial charge on any atom is 0.304 e. The Hall–Kier alpha value is -1.92. The molecule has 4 fully saturated rings. The Morgan fingerprint density at radius 1 is 0.838 bits per heavy atom. The summed E-state index contributed by atoms with van der Waals surface area (Å²) in [4.78, 5) is 49.4. The van der Waals surface area contributed by atoms with Crippen molar-refractivity contribution in [2.45, 2.75) is 112 Å². The molecular formula is C30H46O7. The van der Waals surface area contributed by atoms with Crippen molar-refractivity contribution < 1.29 is 33.8 Å². The number of carbonyl (C=O) groups is 4. The van der Waals surface area contributed by atoms with Crippen LogP contribution in [0.5, 0.6) is 0 Å². The number of aliphatic carboxylic acids is 1. The van der Waals surface area contributed by atoms with Crippen LogP contribution in [0.1, 0.15) is 106 Å². The van der Waals surface area contributed by atoms with E-state index in [0.717, 1.165) is 44.9 Å². The minimum atomic E-state index is -1.14. The molecule has 0 spiro atoms. The lowest BCUT2D eigenvalue weighted by Gasteiger charge is -2.71. The van der Waals surface area contributed by atoms with Crippen LogP contribution in [0.3, 0.4) is 0 Å². The van der Waals surface area contributed by atoms with Gasteiger partial charge in [-0.2, -0.15) is 0 Å². The summed E-state index contributed by atoms with van der Waals surface area (Å²) in [6.45, 7) is 14.3. The van der Waals surface area contributed by atoms with E-state index in [1.165, 1.54) is 13.8 Å². The lowest BCUT2D eigenvalue weighted by atomic mass is 9.33. The summed E-state index contributed by atoms with van der Waals surface area (Å²) in [5.74, 6) is -1.12. The number of esters is 2. The first-order valence-corrected chi connectivity index (χ1v) is 14.1. The van der Waals surface area contributed by atoms with E-state index in [4.69, 9.17) is 9.47 Å². The maximum atomic E-state index is 14.2. The Labute approximate surface area is 221 Å². The van der Waals surface area contributed by atoms with Crippen LogP contribution in [-0.2, 0) is 28.7 Å². The zero-order valence-electron chi connectivity index (χ0n) is 23.8. The highest BCUT2D eigenvalue weighted by atomic mass is 16.5. The largest absolute Gasteiger partial charge is 0.481 e. The van der Waals surface area contributed by atoms with E-state index in [0.29, 0.717) is 18.3 Å². The van der Waals surface area contributed by atoms with Crippen LogP contribution in [0.15, 0.2) is 0 Å². The number of carboxylic acid groups (broad SMARTS) is 1. The topological polar surface area (TPSA) is 107 Å². The van der Waals surface area contributed by atoms with Crippen molar-refractivity contribution >= 4 is 23.7 Å².